The third-order valence-corrected chi connectivity index (χ3v) is 6.25. The molecule has 0 aromatic heterocycles. The molecule has 1 heterocycles. The quantitative estimate of drug-likeness (QED) is 0.753. The van der Waals surface area contributed by atoms with Gasteiger partial charge in [-0.15, -0.1) is 0 Å². The fraction of sp³-hybridized carbons (Fsp3) is 0.500. The molecule has 8 nitrogen and oxygen atoms in total. The zero-order valence-electron chi connectivity index (χ0n) is 13.8. The van der Waals surface area contributed by atoms with Crippen LogP contribution in [-0.4, -0.2) is 45.7 Å². The molecule has 0 radical (unpaired) electrons. The van der Waals surface area contributed by atoms with Gasteiger partial charge in [-0.05, 0) is 37.0 Å². The topological polar surface area (TPSA) is 127 Å². The first-order valence-corrected chi connectivity index (χ1v) is 9.47. The summed E-state index contributed by atoms with van der Waals surface area (Å²) in [5.41, 5.74) is -0.282. The maximum atomic E-state index is 12.1. The Morgan fingerprint density at radius 3 is 2.68 bits per heavy atom. The lowest BCUT2D eigenvalue weighted by molar-refractivity contribution is -0.149. The summed E-state index contributed by atoms with van der Waals surface area (Å²) in [6, 6.07) is 3.99. The third-order valence-electron chi connectivity index (χ3n) is 5.34. The Morgan fingerprint density at radius 1 is 1.40 bits per heavy atom. The number of nitrogens with zero attached hydrogens (tertiary/aromatic N) is 1. The zero-order valence-corrected chi connectivity index (χ0v) is 14.6. The molecule has 25 heavy (non-hydrogen) atoms. The van der Waals surface area contributed by atoms with Crippen LogP contribution in [0.15, 0.2) is 23.1 Å². The Balaban J connectivity index is 2.03. The van der Waals surface area contributed by atoms with Gasteiger partial charge < -0.3 is 14.7 Å². The number of benzene rings is 1. The monoisotopic (exact) mass is 368 g/mol. The van der Waals surface area contributed by atoms with Gasteiger partial charge in [-0.2, -0.15) is 0 Å². The Labute approximate surface area is 145 Å². The maximum absolute atomic E-state index is 12.1. The van der Waals surface area contributed by atoms with Crippen molar-refractivity contribution in [1.29, 1.82) is 0 Å². The number of fused-ring (bicyclic) bond motifs is 1. The highest BCUT2D eigenvalue weighted by atomic mass is 32.2. The van der Waals surface area contributed by atoms with Gasteiger partial charge in [0.25, 0.3) is 0 Å². The van der Waals surface area contributed by atoms with Crippen LogP contribution in [0, 0.1) is 11.3 Å². The van der Waals surface area contributed by atoms with Crippen molar-refractivity contribution in [3.8, 4) is 0 Å². The van der Waals surface area contributed by atoms with Crippen molar-refractivity contribution in [2.24, 2.45) is 16.5 Å². The molecule has 1 aromatic carbocycles. The molecule has 0 spiro atoms. The SMILES string of the molecule is COC(=O)c1cc(S(N)(=O)=O)ccc1N1C[C@@H]2CCC[C@@]2(C(=O)O)C1. The number of hydrogen-bond acceptors (Lipinski definition) is 6. The van der Waals surface area contributed by atoms with Gasteiger partial charge in [0.05, 0.1) is 28.7 Å². The number of esters is 1. The predicted molar refractivity (Wildman–Crippen MR) is 88.8 cm³/mol. The normalized spacial score (nSPS) is 25.7. The number of carbonyl (C=O) groups is 2. The molecule has 1 aliphatic carbocycles. The molecule has 1 aromatic rings. The van der Waals surface area contributed by atoms with E-state index in [1.165, 1.54) is 25.3 Å². The molecular formula is C16H20N2O6S. The Morgan fingerprint density at radius 2 is 2.12 bits per heavy atom. The molecule has 2 fully saturated rings. The lowest BCUT2D eigenvalue weighted by atomic mass is 9.81. The van der Waals surface area contributed by atoms with E-state index >= 15 is 0 Å². The van der Waals surface area contributed by atoms with Gasteiger partial charge in [-0.25, -0.2) is 18.4 Å². The molecule has 2 atom stereocenters. The van der Waals surface area contributed by atoms with Gasteiger partial charge in [-0.1, -0.05) is 6.42 Å². The van der Waals surface area contributed by atoms with Crippen molar-refractivity contribution in [2.75, 3.05) is 25.1 Å². The van der Waals surface area contributed by atoms with Gasteiger partial charge in [0.2, 0.25) is 10.0 Å². The molecule has 136 valence electrons. The third kappa shape index (κ3) is 2.87. The van der Waals surface area contributed by atoms with Gasteiger partial charge in [0.1, 0.15) is 0 Å². The van der Waals surface area contributed by atoms with Crippen LogP contribution in [0.2, 0.25) is 0 Å². The highest BCUT2D eigenvalue weighted by Crippen LogP contribution is 2.50. The highest BCUT2D eigenvalue weighted by Gasteiger charge is 2.55. The van der Waals surface area contributed by atoms with Gasteiger partial charge in [0.15, 0.2) is 0 Å². The molecule has 0 bridgehead atoms. The molecule has 0 amide bonds. The smallest absolute Gasteiger partial charge is 0.340 e. The maximum Gasteiger partial charge on any atom is 0.340 e. The average molecular weight is 368 g/mol. The molecule has 0 unspecified atom stereocenters. The zero-order chi connectivity index (χ0) is 18.4. The number of nitrogens with two attached hydrogens (primary N) is 1. The standard InChI is InChI=1S/C16H20N2O6S/c1-24-14(19)12-7-11(25(17,22)23)4-5-13(12)18-8-10-3-2-6-16(10,9-18)15(20)21/h4-5,7,10H,2-3,6,8-9H2,1H3,(H,20,21)(H2,17,22,23)/t10-,16+/m0/s1. The van der Waals surface area contributed by atoms with E-state index in [0.717, 1.165) is 12.8 Å². The number of rotatable bonds is 4. The average Bonchev–Trinajstić information content (AvgIpc) is 3.10. The van der Waals surface area contributed by atoms with E-state index in [9.17, 15) is 23.1 Å². The van der Waals surface area contributed by atoms with Crippen LogP contribution in [0.4, 0.5) is 5.69 Å². The molecule has 3 rings (SSSR count). The number of ether oxygens (including phenoxy) is 1. The molecular weight excluding hydrogens is 348 g/mol. The number of anilines is 1. The first-order valence-electron chi connectivity index (χ1n) is 7.92. The molecule has 9 heteroatoms. The summed E-state index contributed by atoms with van der Waals surface area (Å²) in [7, 11) is -2.77. The van der Waals surface area contributed by atoms with Crippen molar-refractivity contribution < 1.29 is 27.9 Å². The number of carboxylic acids is 1. The van der Waals surface area contributed by atoms with E-state index in [1.807, 2.05) is 4.90 Å². The van der Waals surface area contributed by atoms with Crippen LogP contribution < -0.4 is 10.0 Å². The van der Waals surface area contributed by atoms with E-state index in [0.29, 0.717) is 18.7 Å². The van der Waals surface area contributed by atoms with Crippen molar-refractivity contribution in [3.05, 3.63) is 23.8 Å². The second kappa shape index (κ2) is 5.99. The minimum Gasteiger partial charge on any atom is -0.481 e. The number of primary sulfonamides is 1. The summed E-state index contributed by atoms with van der Waals surface area (Å²) in [5.74, 6) is -1.51. The van der Waals surface area contributed by atoms with E-state index in [2.05, 4.69) is 0 Å². The Bertz CT molecular complexity index is 837. The first-order chi connectivity index (χ1) is 11.7. The number of aliphatic carboxylic acids is 1. The number of carbonyl (C=O) groups excluding carboxylic acids is 1. The fourth-order valence-electron chi connectivity index (χ4n) is 4.06. The highest BCUT2D eigenvalue weighted by molar-refractivity contribution is 7.89. The second-order valence-electron chi connectivity index (χ2n) is 6.65. The molecule has 3 N–H and O–H groups in total. The van der Waals surface area contributed by atoms with E-state index < -0.39 is 27.4 Å². The van der Waals surface area contributed by atoms with Crippen molar-refractivity contribution in [1.82, 2.24) is 0 Å². The lowest BCUT2D eigenvalue weighted by Crippen LogP contribution is -2.36. The lowest BCUT2D eigenvalue weighted by Gasteiger charge is -2.25. The number of methoxy groups -OCH3 is 1. The molecule has 1 aliphatic heterocycles. The summed E-state index contributed by atoms with van der Waals surface area (Å²) in [6.07, 6.45) is 2.30. The summed E-state index contributed by atoms with van der Waals surface area (Å²) < 4.78 is 27.9. The second-order valence-corrected chi connectivity index (χ2v) is 8.21. The van der Waals surface area contributed by atoms with Crippen LogP contribution in [0.3, 0.4) is 0 Å². The Kier molecular flexibility index (Phi) is 4.24. The van der Waals surface area contributed by atoms with Gasteiger partial charge >= 0.3 is 11.9 Å². The Hall–Kier alpha value is -2.13. The van der Waals surface area contributed by atoms with Gasteiger partial charge in [0, 0.05) is 13.1 Å². The number of hydrogen-bond donors (Lipinski definition) is 2. The fourth-order valence-corrected chi connectivity index (χ4v) is 4.60. The minimum atomic E-state index is -3.97. The van der Waals surface area contributed by atoms with Gasteiger partial charge in [-0.3, -0.25) is 4.79 Å². The minimum absolute atomic E-state index is 0.00779. The van der Waals surface area contributed by atoms with Crippen LogP contribution in [0.1, 0.15) is 29.6 Å². The van der Waals surface area contributed by atoms with E-state index in [-0.39, 0.29) is 22.9 Å². The van der Waals surface area contributed by atoms with E-state index in [4.69, 9.17) is 9.88 Å². The number of carboxylic acid groups (broad SMARTS) is 1. The number of sulfonamides is 1. The van der Waals surface area contributed by atoms with E-state index in [1.54, 1.807) is 0 Å². The van der Waals surface area contributed by atoms with Crippen molar-refractivity contribution in [2.45, 2.75) is 24.2 Å². The van der Waals surface area contributed by atoms with Crippen molar-refractivity contribution >= 4 is 27.6 Å². The summed E-state index contributed by atoms with van der Waals surface area (Å²) in [4.78, 5) is 25.6. The molecule has 1 saturated heterocycles. The van der Waals surface area contributed by atoms with Crippen LogP contribution in [0.5, 0.6) is 0 Å². The largest absolute Gasteiger partial charge is 0.481 e. The van der Waals surface area contributed by atoms with Crippen molar-refractivity contribution in [3.63, 3.8) is 0 Å². The summed E-state index contributed by atoms with van der Waals surface area (Å²) in [6.45, 7) is 0.788. The first kappa shape index (κ1) is 17.7. The molecule has 1 saturated carbocycles. The summed E-state index contributed by atoms with van der Waals surface area (Å²) in [5, 5.41) is 14.8. The van der Waals surface area contributed by atoms with Crippen LogP contribution in [-0.2, 0) is 19.6 Å². The predicted octanol–water partition coefficient (Wildman–Crippen LogP) is 0.812. The molecule has 2 aliphatic rings. The van der Waals surface area contributed by atoms with Crippen LogP contribution >= 0.6 is 0 Å². The summed E-state index contributed by atoms with van der Waals surface area (Å²) >= 11 is 0. The van der Waals surface area contributed by atoms with Crippen LogP contribution in [0.25, 0.3) is 0 Å².